The molecular formula is C20H14ClN5O. The molecule has 0 saturated carbocycles. The number of halogens is 1. The van der Waals surface area contributed by atoms with Gasteiger partial charge in [0.05, 0.1) is 34.3 Å². The Labute approximate surface area is 160 Å². The summed E-state index contributed by atoms with van der Waals surface area (Å²) in [6.07, 6.45) is 4.58. The van der Waals surface area contributed by atoms with Crippen molar-refractivity contribution in [1.29, 1.82) is 0 Å². The van der Waals surface area contributed by atoms with Crippen molar-refractivity contribution in [3.05, 3.63) is 83.9 Å². The Morgan fingerprint density at radius 1 is 0.852 bits per heavy atom. The van der Waals surface area contributed by atoms with Gasteiger partial charge in [-0.3, -0.25) is 9.78 Å². The molecule has 0 radical (unpaired) electrons. The highest BCUT2D eigenvalue weighted by Crippen LogP contribution is 2.24. The van der Waals surface area contributed by atoms with Crippen molar-refractivity contribution in [3.8, 4) is 0 Å². The largest absolute Gasteiger partial charge is 0.338 e. The number of anilines is 3. The minimum Gasteiger partial charge on any atom is -0.338 e. The molecule has 6 nitrogen and oxygen atoms in total. The molecule has 1 amide bonds. The molecule has 0 aliphatic heterocycles. The summed E-state index contributed by atoms with van der Waals surface area (Å²) in [5.41, 5.74) is 2.26. The lowest BCUT2D eigenvalue weighted by atomic mass is 10.2. The van der Waals surface area contributed by atoms with Crippen LogP contribution < -0.4 is 10.6 Å². The number of rotatable bonds is 4. The summed E-state index contributed by atoms with van der Waals surface area (Å²) in [5.74, 6) is 0.136. The summed E-state index contributed by atoms with van der Waals surface area (Å²) in [7, 11) is 0. The zero-order valence-electron chi connectivity index (χ0n) is 14.1. The lowest BCUT2D eigenvalue weighted by Crippen LogP contribution is -2.14. The number of hydrogen-bond acceptors (Lipinski definition) is 5. The molecule has 132 valence electrons. The third-order valence-corrected chi connectivity index (χ3v) is 4.23. The second-order valence-electron chi connectivity index (χ2n) is 5.73. The minimum atomic E-state index is -0.357. The Morgan fingerprint density at radius 3 is 2.48 bits per heavy atom. The van der Waals surface area contributed by atoms with Crippen molar-refractivity contribution in [2.75, 3.05) is 10.6 Å². The molecule has 27 heavy (non-hydrogen) atoms. The van der Waals surface area contributed by atoms with Crippen molar-refractivity contribution < 1.29 is 4.79 Å². The molecule has 0 spiro atoms. The number of carbonyl (C=O) groups is 1. The fraction of sp³-hybridized carbons (Fsp3) is 0. The van der Waals surface area contributed by atoms with Gasteiger partial charge in [0.2, 0.25) is 0 Å². The highest BCUT2D eigenvalue weighted by Gasteiger charge is 2.11. The normalized spacial score (nSPS) is 10.6. The Kier molecular flexibility index (Phi) is 4.63. The molecule has 0 bridgehead atoms. The molecule has 2 heterocycles. The molecule has 0 unspecified atom stereocenters. The van der Waals surface area contributed by atoms with Crippen molar-refractivity contribution in [3.63, 3.8) is 0 Å². The van der Waals surface area contributed by atoms with E-state index in [4.69, 9.17) is 11.6 Å². The van der Waals surface area contributed by atoms with Crippen molar-refractivity contribution >= 4 is 45.6 Å². The van der Waals surface area contributed by atoms with E-state index in [1.54, 1.807) is 18.3 Å². The maximum absolute atomic E-state index is 12.5. The molecule has 2 N–H and O–H groups in total. The van der Waals surface area contributed by atoms with E-state index in [0.717, 1.165) is 10.9 Å². The monoisotopic (exact) mass is 375 g/mol. The molecule has 7 heteroatoms. The van der Waals surface area contributed by atoms with Gasteiger partial charge in [0, 0.05) is 11.6 Å². The molecule has 0 aliphatic rings. The molecular weight excluding hydrogens is 362 g/mol. The van der Waals surface area contributed by atoms with Crippen LogP contribution in [0.25, 0.3) is 10.9 Å². The van der Waals surface area contributed by atoms with Gasteiger partial charge in [0.1, 0.15) is 11.5 Å². The summed E-state index contributed by atoms with van der Waals surface area (Å²) >= 11 is 6.11. The highest BCUT2D eigenvalue weighted by molar-refractivity contribution is 6.33. The maximum Gasteiger partial charge on any atom is 0.275 e. The third kappa shape index (κ3) is 3.70. The molecule has 0 saturated heterocycles. The Morgan fingerprint density at radius 2 is 1.67 bits per heavy atom. The standard InChI is InChI=1S/C20H14ClN5O/c21-14-7-1-2-8-15(14)25-18-12-23-17(11-24-18)20(27)26-16-9-3-5-13-6-4-10-22-19(13)16/h1-12H,(H,24,25)(H,26,27). The van der Waals surface area contributed by atoms with Crippen LogP contribution in [-0.4, -0.2) is 20.9 Å². The SMILES string of the molecule is O=C(Nc1cccc2cccnc12)c1cnc(Nc2ccccc2Cl)cn1. The second-order valence-corrected chi connectivity index (χ2v) is 6.13. The van der Waals surface area contributed by atoms with Gasteiger partial charge in [0.15, 0.2) is 0 Å². The summed E-state index contributed by atoms with van der Waals surface area (Å²) in [6, 6.07) is 16.7. The summed E-state index contributed by atoms with van der Waals surface area (Å²) < 4.78 is 0. The lowest BCUT2D eigenvalue weighted by molar-refractivity contribution is 0.102. The van der Waals surface area contributed by atoms with Gasteiger partial charge < -0.3 is 10.6 Å². The zero-order valence-corrected chi connectivity index (χ0v) is 14.8. The third-order valence-electron chi connectivity index (χ3n) is 3.90. The summed E-state index contributed by atoms with van der Waals surface area (Å²) in [4.78, 5) is 25.2. The van der Waals surface area contributed by atoms with E-state index in [9.17, 15) is 4.79 Å². The van der Waals surface area contributed by atoms with Gasteiger partial charge >= 0.3 is 0 Å². The van der Waals surface area contributed by atoms with E-state index in [2.05, 4.69) is 25.6 Å². The quantitative estimate of drug-likeness (QED) is 0.541. The van der Waals surface area contributed by atoms with Gasteiger partial charge in [-0.2, -0.15) is 0 Å². The van der Waals surface area contributed by atoms with E-state index < -0.39 is 0 Å². The number of nitrogens with one attached hydrogen (secondary N) is 2. The number of nitrogens with zero attached hydrogens (tertiary/aromatic N) is 3. The van der Waals surface area contributed by atoms with E-state index in [1.165, 1.54) is 12.4 Å². The Hall–Kier alpha value is -3.51. The van der Waals surface area contributed by atoms with E-state index in [0.29, 0.717) is 22.2 Å². The van der Waals surface area contributed by atoms with Crippen molar-refractivity contribution in [1.82, 2.24) is 15.0 Å². The predicted molar refractivity (Wildman–Crippen MR) is 106 cm³/mol. The van der Waals surface area contributed by atoms with Crippen LogP contribution in [0.1, 0.15) is 10.5 Å². The molecule has 0 aliphatic carbocycles. The first kappa shape index (κ1) is 16.9. The smallest absolute Gasteiger partial charge is 0.275 e. The van der Waals surface area contributed by atoms with Crippen LogP contribution in [0.15, 0.2) is 73.2 Å². The average molecular weight is 376 g/mol. The van der Waals surface area contributed by atoms with Crippen LogP contribution in [0.5, 0.6) is 0 Å². The van der Waals surface area contributed by atoms with Crippen LogP contribution in [0.2, 0.25) is 5.02 Å². The number of hydrogen-bond donors (Lipinski definition) is 2. The lowest BCUT2D eigenvalue weighted by Gasteiger charge is -2.09. The predicted octanol–water partition coefficient (Wildman–Crippen LogP) is 4.67. The maximum atomic E-state index is 12.5. The van der Waals surface area contributed by atoms with Gasteiger partial charge in [-0.25, -0.2) is 9.97 Å². The van der Waals surface area contributed by atoms with Gasteiger partial charge in [0.25, 0.3) is 5.91 Å². The first-order valence-corrected chi connectivity index (χ1v) is 8.57. The van der Waals surface area contributed by atoms with Crippen LogP contribution >= 0.6 is 11.6 Å². The number of carbonyl (C=O) groups excluding carboxylic acids is 1. The van der Waals surface area contributed by atoms with Crippen LogP contribution in [0.3, 0.4) is 0 Å². The van der Waals surface area contributed by atoms with Crippen LogP contribution in [0, 0.1) is 0 Å². The number of para-hydroxylation sites is 2. The minimum absolute atomic E-state index is 0.202. The van der Waals surface area contributed by atoms with E-state index in [1.807, 2.05) is 42.5 Å². The van der Waals surface area contributed by atoms with Crippen LogP contribution in [0.4, 0.5) is 17.2 Å². The van der Waals surface area contributed by atoms with Crippen molar-refractivity contribution in [2.45, 2.75) is 0 Å². The average Bonchev–Trinajstić information content (AvgIpc) is 2.70. The molecule has 4 rings (SSSR count). The van der Waals surface area contributed by atoms with Crippen LogP contribution in [-0.2, 0) is 0 Å². The van der Waals surface area contributed by atoms with Gasteiger partial charge in [-0.15, -0.1) is 0 Å². The Bertz CT molecular complexity index is 1110. The van der Waals surface area contributed by atoms with Gasteiger partial charge in [-0.05, 0) is 24.3 Å². The number of amides is 1. The first-order valence-electron chi connectivity index (χ1n) is 8.19. The molecule has 0 fully saturated rings. The Balaban J connectivity index is 1.52. The van der Waals surface area contributed by atoms with E-state index >= 15 is 0 Å². The number of pyridine rings is 1. The summed E-state index contributed by atoms with van der Waals surface area (Å²) in [6.45, 7) is 0. The van der Waals surface area contributed by atoms with Crippen molar-refractivity contribution in [2.24, 2.45) is 0 Å². The second kappa shape index (κ2) is 7.39. The fourth-order valence-electron chi connectivity index (χ4n) is 2.60. The topological polar surface area (TPSA) is 79.8 Å². The van der Waals surface area contributed by atoms with Gasteiger partial charge in [-0.1, -0.05) is 41.9 Å². The molecule has 4 aromatic rings. The fourth-order valence-corrected chi connectivity index (χ4v) is 2.78. The first-order chi connectivity index (χ1) is 13.2. The molecule has 2 aromatic heterocycles. The number of fused-ring (bicyclic) bond motifs is 1. The zero-order chi connectivity index (χ0) is 18.6. The van der Waals surface area contributed by atoms with E-state index in [-0.39, 0.29) is 11.6 Å². The summed E-state index contributed by atoms with van der Waals surface area (Å²) in [5, 5.41) is 7.42. The number of aromatic nitrogens is 3. The number of benzene rings is 2. The highest BCUT2D eigenvalue weighted by atomic mass is 35.5. The molecule has 0 atom stereocenters. The molecule has 2 aromatic carbocycles.